The summed E-state index contributed by atoms with van der Waals surface area (Å²) in [6, 6.07) is 33.0. The lowest BCUT2D eigenvalue weighted by atomic mass is 10.1. The number of amides is 4. The van der Waals surface area contributed by atoms with E-state index in [1.807, 2.05) is 94.1 Å². The molecule has 0 saturated carbocycles. The van der Waals surface area contributed by atoms with Gasteiger partial charge in [-0.2, -0.15) is 0 Å². The number of likely N-dealkylation sites (tertiary alicyclic amines) is 2. The van der Waals surface area contributed by atoms with E-state index in [-0.39, 0.29) is 23.6 Å². The van der Waals surface area contributed by atoms with E-state index in [0.717, 1.165) is 35.1 Å². The molecule has 290 valence electrons. The molecule has 2 aliphatic rings. The van der Waals surface area contributed by atoms with Crippen molar-refractivity contribution in [1.29, 1.82) is 0 Å². The van der Waals surface area contributed by atoms with Crippen LogP contribution < -0.4 is 10.6 Å². The van der Waals surface area contributed by atoms with E-state index < -0.39 is 12.1 Å². The SMILES string of the molecule is O=C(Nc1ccc(C#Cc2ccc(NC(=O)[C@@H]3CCCN3C(=O)c3nccn3Cc3ccccc3)cc2)cc1)[C@@H]1CCCN1C(=O)c1nccn1Cc1ccccc1. The number of nitrogens with one attached hydrogen (secondary N) is 2. The Labute approximate surface area is 336 Å². The first-order valence-electron chi connectivity index (χ1n) is 19.5. The van der Waals surface area contributed by atoms with Crippen LogP contribution in [0.1, 0.15) is 69.2 Å². The third-order valence-corrected chi connectivity index (χ3v) is 10.5. The molecule has 2 aromatic heterocycles. The molecule has 4 heterocycles. The van der Waals surface area contributed by atoms with Gasteiger partial charge in [0.15, 0.2) is 11.6 Å². The van der Waals surface area contributed by atoms with Gasteiger partial charge in [-0.15, -0.1) is 0 Å². The van der Waals surface area contributed by atoms with E-state index in [0.29, 0.717) is 62.0 Å². The normalized spacial score (nSPS) is 16.1. The summed E-state index contributed by atoms with van der Waals surface area (Å²) in [6.45, 7) is 2.00. The number of nitrogens with zero attached hydrogens (tertiary/aromatic N) is 6. The zero-order valence-corrected chi connectivity index (χ0v) is 31.8. The lowest BCUT2D eigenvalue weighted by Crippen LogP contribution is -2.44. The third-order valence-electron chi connectivity index (χ3n) is 10.5. The number of imidazole rings is 2. The van der Waals surface area contributed by atoms with Crippen molar-refractivity contribution in [2.45, 2.75) is 50.9 Å². The largest absolute Gasteiger partial charge is 0.324 e. The highest BCUT2D eigenvalue weighted by Crippen LogP contribution is 2.24. The molecule has 2 atom stereocenters. The van der Waals surface area contributed by atoms with Gasteiger partial charge in [0.05, 0.1) is 0 Å². The smallest absolute Gasteiger partial charge is 0.290 e. The number of anilines is 2. The molecule has 2 saturated heterocycles. The van der Waals surface area contributed by atoms with E-state index in [1.54, 1.807) is 58.9 Å². The van der Waals surface area contributed by atoms with Crippen molar-refractivity contribution in [2.75, 3.05) is 23.7 Å². The number of rotatable bonds is 10. The average Bonchev–Trinajstić information content (AvgIpc) is 4.10. The molecule has 12 heteroatoms. The molecule has 12 nitrogen and oxygen atoms in total. The van der Waals surface area contributed by atoms with Gasteiger partial charge < -0.3 is 29.6 Å². The van der Waals surface area contributed by atoms with Crippen LogP contribution in [-0.2, 0) is 22.7 Å². The van der Waals surface area contributed by atoms with Crippen molar-refractivity contribution in [3.63, 3.8) is 0 Å². The van der Waals surface area contributed by atoms with Crippen LogP contribution in [0.3, 0.4) is 0 Å². The van der Waals surface area contributed by atoms with Crippen molar-refractivity contribution >= 4 is 35.0 Å². The first kappa shape index (κ1) is 37.7. The van der Waals surface area contributed by atoms with Crippen LogP contribution in [0, 0.1) is 11.8 Å². The molecule has 2 fully saturated rings. The second-order valence-corrected chi connectivity index (χ2v) is 14.4. The maximum absolute atomic E-state index is 13.6. The Morgan fingerprint density at radius 2 is 0.948 bits per heavy atom. The molecule has 0 bridgehead atoms. The highest BCUT2D eigenvalue weighted by atomic mass is 16.2. The minimum atomic E-state index is -0.596. The van der Waals surface area contributed by atoms with E-state index in [9.17, 15) is 19.2 Å². The molecular weight excluding hydrogens is 729 g/mol. The number of carbonyl (C=O) groups excluding carboxylic acids is 4. The molecule has 2 N–H and O–H groups in total. The summed E-state index contributed by atoms with van der Waals surface area (Å²) in [6.07, 6.45) is 9.41. The van der Waals surface area contributed by atoms with Gasteiger partial charge in [-0.05, 0) is 85.3 Å². The van der Waals surface area contributed by atoms with Crippen LogP contribution in [-0.4, -0.2) is 77.7 Å². The van der Waals surface area contributed by atoms with Crippen LogP contribution >= 0.6 is 0 Å². The summed E-state index contributed by atoms with van der Waals surface area (Å²) < 4.78 is 3.64. The predicted octanol–water partition coefficient (Wildman–Crippen LogP) is 6.06. The lowest BCUT2D eigenvalue weighted by molar-refractivity contribution is -0.120. The van der Waals surface area contributed by atoms with Gasteiger partial charge in [-0.1, -0.05) is 72.5 Å². The maximum atomic E-state index is 13.6. The summed E-state index contributed by atoms with van der Waals surface area (Å²) in [5.41, 5.74) is 4.85. The Morgan fingerprint density at radius 1 is 0.552 bits per heavy atom. The van der Waals surface area contributed by atoms with Crippen molar-refractivity contribution in [3.05, 3.63) is 168 Å². The molecule has 4 amide bonds. The van der Waals surface area contributed by atoms with Crippen molar-refractivity contribution in [1.82, 2.24) is 28.9 Å². The summed E-state index contributed by atoms with van der Waals surface area (Å²) in [5.74, 6) is 5.93. The molecule has 6 aromatic rings. The van der Waals surface area contributed by atoms with Crippen LogP contribution in [0.5, 0.6) is 0 Å². The predicted molar refractivity (Wildman–Crippen MR) is 220 cm³/mol. The Bertz CT molecular complexity index is 2290. The minimum absolute atomic E-state index is 0.240. The van der Waals surface area contributed by atoms with E-state index in [4.69, 9.17) is 0 Å². The molecule has 0 radical (unpaired) electrons. The Hall–Kier alpha value is -7.26. The molecule has 4 aromatic carbocycles. The molecule has 0 spiro atoms. The van der Waals surface area contributed by atoms with E-state index in [1.165, 1.54) is 0 Å². The van der Waals surface area contributed by atoms with Crippen LogP contribution in [0.2, 0.25) is 0 Å². The number of hydrogen-bond donors (Lipinski definition) is 2. The van der Waals surface area contributed by atoms with Gasteiger partial charge in [0, 0.05) is 73.5 Å². The zero-order valence-electron chi connectivity index (χ0n) is 31.8. The lowest BCUT2D eigenvalue weighted by Gasteiger charge is -2.24. The van der Waals surface area contributed by atoms with Gasteiger partial charge >= 0.3 is 0 Å². The van der Waals surface area contributed by atoms with Gasteiger partial charge in [0.1, 0.15) is 12.1 Å². The van der Waals surface area contributed by atoms with Crippen LogP contribution in [0.25, 0.3) is 0 Å². The summed E-state index contributed by atoms with van der Waals surface area (Å²) in [5, 5.41) is 5.94. The molecule has 58 heavy (non-hydrogen) atoms. The summed E-state index contributed by atoms with van der Waals surface area (Å²) >= 11 is 0. The fourth-order valence-electron chi connectivity index (χ4n) is 7.52. The summed E-state index contributed by atoms with van der Waals surface area (Å²) in [4.78, 5) is 65.9. The molecule has 8 rings (SSSR count). The molecular formula is C46H42N8O4. The standard InChI is InChI=1S/C46H42N8O4/c55-43(39-13-7-27-53(39)45(57)41-47-25-29-51(41)31-35-9-3-1-4-10-35)49-37-21-17-33(18-22-37)15-16-34-19-23-38(24-20-34)50-44(56)40-14-8-28-54(40)46(58)42-48-26-30-52(42)32-36-11-5-2-6-12-36/h1-6,9-12,17-26,29-30,39-40H,7-8,13-14,27-28,31-32H2,(H,49,55)(H,50,56)/t39-,40-/m0/s1. The second-order valence-electron chi connectivity index (χ2n) is 14.4. The minimum Gasteiger partial charge on any atom is -0.324 e. The fourth-order valence-corrected chi connectivity index (χ4v) is 7.52. The number of hydrogen-bond acceptors (Lipinski definition) is 6. The first-order chi connectivity index (χ1) is 28.4. The maximum Gasteiger partial charge on any atom is 0.290 e. The first-order valence-corrected chi connectivity index (χ1v) is 19.5. The number of benzene rings is 4. The Morgan fingerprint density at radius 3 is 1.34 bits per heavy atom. The van der Waals surface area contributed by atoms with Crippen LogP contribution in [0.4, 0.5) is 11.4 Å². The highest BCUT2D eigenvalue weighted by molar-refractivity contribution is 6.01. The van der Waals surface area contributed by atoms with Gasteiger partial charge in [0.2, 0.25) is 11.8 Å². The van der Waals surface area contributed by atoms with Gasteiger partial charge in [-0.3, -0.25) is 19.2 Å². The zero-order chi connectivity index (χ0) is 39.8. The highest BCUT2D eigenvalue weighted by Gasteiger charge is 2.37. The molecule has 0 unspecified atom stereocenters. The molecule has 0 aliphatic carbocycles. The van der Waals surface area contributed by atoms with E-state index in [2.05, 4.69) is 32.4 Å². The molecule has 2 aliphatic heterocycles. The fraction of sp³-hybridized carbons (Fsp3) is 0.217. The van der Waals surface area contributed by atoms with Crippen molar-refractivity contribution in [3.8, 4) is 11.8 Å². The number of carbonyl (C=O) groups is 4. The van der Waals surface area contributed by atoms with Gasteiger partial charge in [0.25, 0.3) is 11.8 Å². The van der Waals surface area contributed by atoms with Crippen LogP contribution in [0.15, 0.2) is 134 Å². The average molecular weight is 771 g/mol. The Kier molecular flexibility index (Phi) is 11.2. The van der Waals surface area contributed by atoms with Crippen molar-refractivity contribution < 1.29 is 19.2 Å². The topological polar surface area (TPSA) is 134 Å². The van der Waals surface area contributed by atoms with Crippen molar-refractivity contribution in [2.24, 2.45) is 0 Å². The van der Waals surface area contributed by atoms with Gasteiger partial charge in [-0.25, -0.2) is 9.97 Å². The Balaban J connectivity index is 0.839. The van der Waals surface area contributed by atoms with E-state index >= 15 is 0 Å². The monoisotopic (exact) mass is 770 g/mol. The third kappa shape index (κ3) is 8.59. The quantitative estimate of drug-likeness (QED) is 0.163. The number of aromatic nitrogens is 4. The second kappa shape index (κ2) is 17.3. The summed E-state index contributed by atoms with van der Waals surface area (Å²) in [7, 11) is 0.